The second-order valence-corrected chi connectivity index (χ2v) is 6.88. The van der Waals surface area contributed by atoms with Crippen molar-refractivity contribution < 1.29 is 0 Å². The first-order chi connectivity index (χ1) is 10.2. The highest BCUT2D eigenvalue weighted by atomic mass is 32.1. The number of hydrogen-bond acceptors (Lipinski definition) is 5. The van der Waals surface area contributed by atoms with Crippen molar-refractivity contribution in [2.45, 2.75) is 39.3 Å². The summed E-state index contributed by atoms with van der Waals surface area (Å²) in [5.74, 6) is 0.688. The zero-order chi connectivity index (χ0) is 14.7. The van der Waals surface area contributed by atoms with E-state index in [1.807, 2.05) is 0 Å². The Labute approximate surface area is 130 Å². The number of fused-ring (bicyclic) bond motifs is 1. The van der Waals surface area contributed by atoms with Gasteiger partial charge in [-0.2, -0.15) is 8.75 Å². The van der Waals surface area contributed by atoms with Crippen LogP contribution in [0.3, 0.4) is 0 Å². The molecule has 0 spiro atoms. The van der Waals surface area contributed by atoms with E-state index in [2.05, 4.69) is 51.0 Å². The molecule has 1 fully saturated rings. The first-order valence-corrected chi connectivity index (χ1v) is 8.62. The van der Waals surface area contributed by atoms with Crippen LogP contribution in [0.25, 0.3) is 11.0 Å². The lowest BCUT2D eigenvalue weighted by molar-refractivity contribution is 0.138. The summed E-state index contributed by atoms with van der Waals surface area (Å²) in [4.78, 5) is 2.65. The number of nitrogens with one attached hydrogen (secondary N) is 1. The number of rotatable bonds is 5. The van der Waals surface area contributed by atoms with E-state index in [-0.39, 0.29) is 0 Å². The number of aromatic nitrogens is 2. The number of hydrogen-bond donors (Lipinski definition) is 1. The van der Waals surface area contributed by atoms with Crippen LogP contribution in [0.5, 0.6) is 0 Å². The molecule has 2 heterocycles. The molecule has 1 aliphatic heterocycles. The van der Waals surface area contributed by atoms with Crippen LogP contribution in [0.2, 0.25) is 0 Å². The van der Waals surface area contributed by atoms with Crippen molar-refractivity contribution in [3.8, 4) is 0 Å². The Kier molecular flexibility index (Phi) is 4.83. The summed E-state index contributed by atoms with van der Waals surface area (Å²) >= 11 is 1.32. The molecule has 1 aromatic heterocycles. The highest BCUT2D eigenvalue weighted by Gasteiger charge is 2.22. The molecule has 0 atom stereocenters. The molecular weight excluding hydrogens is 280 g/mol. The van der Waals surface area contributed by atoms with Gasteiger partial charge >= 0.3 is 0 Å². The minimum absolute atomic E-state index is 0.688. The lowest BCUT2D eigenvalue weighted by Crippen LogP contribution is -2.44. The van der Waals surface area contributed by atoms with Crippen LogP contribution in [0.1, 0.15) is 32.3 Å². The lowest BCUT2D eigenvalue weighted by atomic mass is 10.0. The van der Waals surface area contributed by atoms with Gasteiger partial charge in [0.05, 0.1) is 11.7 Å². The van der Waals surface area contributed by atoms with E-state index in [4.69, 9.17) is 0 Å². The SMILES string of the molecule is CC(C)CN(Cc1cccc2nsnc12)C1CCNCC1. The second-order valence-electron chi connectivity index (χ2n) is 6.35. The third-order valence-electron chi connectivity index (χ3n) is 4.17. The van der Waals surface area contributed by atoms with E-state index in [0.717, 1.165) is 37.2 Å². The normalized spacial score (nSPS) is 17.1. The molecule has 0 aliphatic carbocycles. The van der Waals surface area contributed by atoms with Crippen molar-refractivity contribution in [3.05, 3.63) is 23.8 Å². The van der Waals surface area contributed by atoms with E-state index in [9.17, 15) is 0 Å². The Bertz CT molecular complexity index is 574. The Morgan fingerprint density at radius 1 is 1.29 bits per heavy atom. The fourth-order valence-electron chi connectivity index (χ4n) is 3.19. The molecule has 114 valence electrons. The van der Waals surface area contributed by atoms with Crippen molar-refractivity contribution in [2.75, 3.05) is 19.6 Å². The number of benzene rings is 1. The van der Waals surface area contributed by atoms with Crippen LogP contribution >= 0.6 is 11.7 Å². The summed E-state index contributed by atoms with van der Waals surface area (Å²) < 4.78 is 8.85. The van der Waals surface area contributed by atoms with E-state index < -0.39 is 0 Å². The summed E-state index contributed by atoms with van der Waals surface area (Å²) in [6, 6.07) is 7.06. The predicted octanol–water partition coefficient (Wildman–Crippen LogP) is 2.90. The molecule has 0 bridgehead atoms. The fourth-order valence-corrected chi connectivity index (χ4v) is 3.76. The van der Waals surface area contributed by atoms with Gasteiger partial charge in [0.15, 0.2) is 0 Å². The number of piperidine rings is 1. The van der Waals surface area contributed by atoms with Gasteiger partial charge in [0.1, 0.15) is 11.0 Å². The lowest BCUT2D eigenvalue weighted by Gasteiger charge is -2.35. The third-order valence-corrected chi connectivity index (χ3v) is 4.71. The molecule has 1 N–H and O–H groups in total. The zero-order valence-corrected chi connectivity index (χ0v) is 13.7. The van der Waals surface area contributed by atoms with Crippen LogP contribution in [0, 0.1) is 5.92 Å². The molecule has 1 aromatic carbocycles. The maximum atomic E-state index is 4.49. The second kappa shape index (κ2) is 6.81. The van der Waals surface area contributed by atoms with E-state index in [1.54, 1.807) is 0 Å². The quantitative estimate of drug-likeness (QED) is 0.922. The van der Waals surface area contributed by atoms with Crippen LogP contribution < -0.4 is 5.32 Å². The van der Waals surface area contributed by atoms with Crippen molar-refractivity contribution in [1.29, 1.82) is 0 Å². The van der Waals surface area contributed by atoms with Crippen molar-refractivity contribution in [2.24, 2.45) is 5.92 Å². The summed E-state index contributed by atoms with van der Waals surface area (Å²) in [6.07, 6.45) is 2.50. The molecule has 4 nitrogen and oxygen atoms in total. The summed E-state index contributed by atoms with van der Waals surface area (Å²) in [5.41, 5.74) is 3.44. The zero-order valence-electron chi connectivity index (χ0n) is 12.9. The minimum Gasteiger partial charge on any atom is -0.317 e. The summed E-state index contributed by atoms with van der Waals surface area (Å²) in [5, 5.41) is 3.46. The Morgan fingerprint density at radius 2 is 2.10 bits per heavy atom. The van der Waals surface area contributed by atoms with Gasteiger partial charge in [-0.25, -0.2) is 0 Å². The van der Waals surface area contributed by atoms with E-state index >= 15 is 0 Å². The average molecular weight is 304 g/mol. The third kappa shape index (κ3) is 3.59. The van der Waals surface area contributed by atoms with Crippen molar-refractivity contribution in [3.63, 3.8) is 0 Å². The molecule has 3 rings (SSSR count). The largest absolute Gasteiger partial charge is 0.317 e. The fraction of sp³-hybridized carbons (Fsp3) is 0.625. The molecule has 1 aliphatic rings. The van der Waals surface area contributed by atoms with Crippen LogP contribution in [-0.2, 0) is 6.54 Å². The summed E-state index contributed by atoms with van der Waals surface area (Å²) in [7, 11) is 0. The standard InChI is InChI=1S/C16H24N4S/c1-12(2)10-20(14-6-8-17-9-7-14)11-13-4-3-5-15-16(13)19-21-18-15/h3-5,12,14,17H,6-11H2,1-2H3. The highest BCUT2D eigenvalue weighted by Crippen LogP contribution is 2.22. The predicted molar refractivity (Wildman–Crippen MR) is 88.6 cm³/mol. The first kappa shape index (κ1) is 14.9. The van der Waals surface area contributed by atoms with Gasteiger partial charge in [-0.15, -0.1) is 0 Å². The van der Waals surface area contributed by atoms with Crippen LogP contribution in [-0.4, -0.2) is 39.3 Å². The number of nitrogens with zero attached hydrogens (tertiary/aromatic N) is 3. The maximum Gasteiger partial charge on any atom is 0.109 e. The first-order valence-electron chi connectivity index (χ1n) is 7.89. The smallest absolute Gasteiger partial charge is 0.109 e. The molecule has 0 amide bonds. The van der Waals surface area contributed by atoms with Gasteiger partial charge in [0.25, 0.3) is 0 Å². The molecule has 2 aromatic rings. The summed E-state index contributed by atoms with van der Waals surface area (Å²) in [6.45, 7) is 9.03. The molecule has 0 saturated carbocycles. The Hall–Kier alpha value is -1.04. The highest BCUT2D eigenvalue weighted by molar-refractivity contribution is 7.00. The Morgan fingerprint density at radius 3 is 2.86 bits per heavy atom. The van der Waals surface area contributed by atoms with Gasteiger partial charge < -0.3 is 5.32 Å². The topological polar surface area (TPSA) is 41.1 Å². The van der Waals surface area contributed by atoms with E-state index in [1.165, 1.54) is 30.1 Å². The average Bonchev–Trinajstić information content (AvgIpc) is 2.96. The van der Waals surface area contributed by atoms with Crippen LogP contribution in [0.4, 0.5) is 0 Å². The van der Waals surface area contributed by atoms with E-state index in [0.29, 0.717) is 12.0 Å². The van der Waals surface area contributed by atoms with Gasteiger partial charge in [-0.1, -0.05) is 26.0 Å². The molecule has 0 unspecified atom stereocenters. The van der Waals surface area contributed by atoms with Crippen molar-refractivity contribution >= 4 is 22.8 Å². The Balaban J connectivity index is 1.81. The van der Waals surface area contributed by atoms with Gasteiger partial charge in [0, 0.05) is 19.1 Å². The minimum atomic E-state index is 0.688. The maximum absolute atomic E-state index is 4.49. The van der Waals surface area contributed by atoms with Crippen LogP contribution in [0.15, 0.2) is 18.2 Å². The molecular formula is C16H24N4S. The van der Waals surface area contributed by atoms with Crippen molar-refractivity contribution in [1.82, 2.24) is 19.0 Å². The molecule has 21 heavy (non-hydrogen) atoms. The molecule has 1 saturated heterocycles. The molecule has 0 radical (unpaired) electrons. The van der Waals surface area contributed by atoms with Gasteiger partial charge in [0.2, 0.25) is 0 Å². The van der Waals surface area contributed by atoms with Gasteiger partial charge in [-0.3, -0.25) is 4.90 Å². The molecule has 5 heteroatoms. The monoisotopic (exact) mass is 304 g/mol. The van der Waals surface area contributed by atoms with Gasteiger partial charge in [-0.05, 0) is 43.5 Å².